The Hall–Kier alpha value is -2.16. The Bertz CT molecular complexity index is 845. The molecule has 0 bridgehead atoms. The lowest BCUT2D eigenvalue weighted by molar-refractivity contribution is 1.06. The number of azo groups is 1. The Morgan fingerprint density at radius 3 is 1.00 bits per heavy atom. The number of hydrogen-bond acceptors (Lipinski definition) is 3. The molecule has 3 heteroatoms. The Morgan fingerprint density at radius 1 is 0.423 bits per heavy atom. The van der Waals surface area contributed by atoms with E-state index >= 15 is 0 Å². The summed E-state index contributed by atoms with van der Waals surface area (Å²) >= 11 is 0. The number of anilines is 1. The first-order chi connectivity index (χ1) is 12.0. The maximum Gasteiger partial charge on any atom is 0.0922 e. The van der Waals surface area contributed by atoms with Gasteiger partial charge in [-0.3, -0.25) is 0 Å². The first-order valence-corrected chi connectivity index (χ1v) is 9.27. The van der Waals surface area contributed by atoms with Crippen LogP contribution in [0.25, 0.3) is 0 Å². The smallest absolute Gasteiger partial charge is 0.0922 e. The second kappa shape index (κ2) is 7.22. The second-order valence-electron chi connectivity index (χ2n) is 7.77. The van der Waals surface area contributed by atoms with Gasteiger partial charge >= 0.3 is 0 Å². The second-order valence-corrected chi connectivity index (χ2v) is 7.77. The topological polar surface area (TPSA) is 28.0 Å². The van der Waals surface area contributed by atoms with Crippen molar-refractivity contribution in [2.45, 2.75) is 62.3 Å². The van der Waals surface area contributed by atoms with Gasteiger partial charge in [0.1, 0.15) is 0 Å². The standard InChI is InChI=1S/C23H33N3/c1-12-13(2)15(4)21(16(5)14(12)3)24-25-22-17(6)19(8)23(26(10)11)20(9)18(22)7/h1-11H3. The van der Waals surface area contributed by atoms with Crippen LogP contribution < -0.4 is 4.90 Å². The summed E-state index contributed by atoms with van der Waals surface area (Å²) in [6, 6.07) is 0. The minimum absolute atomic E-state index is 1.00. The Balaban J connectivity index is 2.68. The van der Waals surface area contributed by atoms with Gasteiger partial charge in [-0.25, -0.2) is 0 Å². The van der Waals surface area contributed by atoms with Crippen molar-refractivity contribution >= 4 is 17.1 Å². The van der Waals surface area contributed by atoms with E-state index in [0.717, 1.165) is 11.4 Å². The van der Waals surface area contributed by atoms with Gasteiger partial charge in [0, 0.05) is 19.8 Å². The fraction of sp³-hybridized carbons (Fsp3) is 0.478. The molecule has 0 aliphatic heterocycles. The first-order valence-electron chi connectivity index (χ1n) is 9.27. The first kappa shape index (κ1) is 20.2. The van der Waals surface area contributed by atoms with E-state index in [1.807, 2.05) is 0 Å². The van der Waals surface area contributed by atoms with Gasteiger partial charge in [-0.05, 0) is 112 Å². The van der Waals surface area contributed by atoms with E-state index in [1.54, 1.807) is 0 Å². The Labute approximate surface area is 159 Å². The average Bonchev–Trinajstić information content (AvgIpc) is 2.58. The molecule has 0 spiro atoms. The predicted octanol–water partition coefficient (Wildman–Crippen LogP) is 6.94. The lowest BCUT2D eigenvalue weighted by Crippen LogP contribution is -2.13. The van der Waals surface area contributed by atoms with E-state index in [9.17, 15) is 0 Å². The summed E-state index contributed by atoms with van der Waals surface area (Å²) in [6.45, 7) is 19.5. The van der Waals surface area contributed by atoms with Gasteiger partial charge in [0.2, 0.25) is 0 Å². The molecule has 0 N–H and O–H groups in total. The van der Waals surface area contributed by atoms with Crippen LogP contribution in [0.15, 0.2) is 10.2 Å². The normalized spacial score (nSPS) is 11.5. The van der Waals surface area contributed by atoms with E-state index in [-0.39, 0.29) is 0 Å². The van der Waals surface area contributed by atoms with Gasteiger partial charge < -0.3 is 4.90 Å². The summed E-state index contributed by atoms with van der Waals surface area (Å²) in [5.74, 6) is 0. The van der Waals surface area contributed by atoms with E-state index in [2.05, 4.69) is 81.3 Å². The van der Waals surface area contributed by atoms with E-state index < -0.39 is 0 Å². The number of rotatable bonds is 3. The highest BCUT2D eigenvalue weighted by Crippen LogP contribution is 2.39. The highest BCUT2D eigenvalue weighted by molar-refractivity contribution is 5.72. The van der Waals surface area contributed by atoms with Crippen molar-refractivity contribution in [3.8, 4) is 0 Å². The van der Waals surface area contributed by atoms with Crippen molar-refractivity contribution in [2.75, 3.05) is 19.0 Å². The monoisotopic (exact) mass is 351 g/mol. The van der Waals surface area contributed by atoms with Crippen LogP contribution >= 0.6 is 0 Å². The highest BCUT2D eigenvalue weighted by atomic mass is 15.1. The largest absolute Gasteiger partial charge is 0.377 e. The lowest BCUT2D eigenvalue weighted by Gasteiger charge is -2.23. The van der Waals surface area contributed by atoms with Crippen molar-refractivity contribution < 1.29 is 0 Å². The molecular weight excluding hydrogens is 318 g/mol. The molecule has 3 nitrogen and oxygen atoms in total. The van der Waals surface area contributed by atoms with Crippen LogP contribution in [0.1, 0.15) is 50.1 Å². The summed E-state index contributed by atoms with van der Waals surface area (Å²) < 4.78 is 0. The minimum Gasteiger partial charge on any atom is -0.377 e. The van der Waals surface area contributed by atoms with Gasteiger partial charge in [0.05, 0.1) is 11.4 Å². The molecule has 26 heavy (non-hydrogen) atoms. The van der Waals surface area contributed by atoms with Crippen LogP contribution in [0, 0.1) is 62.3 Å². The average molecular weight is 352 g/mol. The molecular formula is C23H33N3. The Morgan fingerprint density at radius 2 is 0.692 bits per heavy atom. The molecule has 0 aromatic heterocycles. The SMILES string of the molecule is Cc1c(C)c(C)c(N=Nc2c(C)c(C)c(N(C)C)c(C)c2C)c(C)c1C. The maximum absolute atomic E-state index is 4.74. The highest BCUT2D eigenvalue weighted by Gasteiger charge is 2.17. The van der Waals surface area contributed by atoms with Crippen LogP contribution in [0.5, 0.6) is 0 Å². The predicted molar refractivity (Wildman–Crippen MR) is 114 cm³/mol. The molecule has 0 radical (unpaired) electrons. The molecule has 0 saturated carbocycles. The number of benzene rings is 2. The summed E-state index contributed by atoms with van der Waals surface area (Å²) in [6.07, 6.45) is 0. The van der Waals surface area contributed by atoms with Crippen molar-refractivity contribution in [3.63, 3.8) is 0 Å². The van der Waals surface area contributed by atoms with Gasteiger partial charge in [0.15, 0.2) is 0 Å². The summed E-state index contributed by atoms with van der Waals surface area (Å²) in [4.78, 5) is 2.19. The zero-order chi connectivity index (χ0) is 19.9. The zero-order valence-electron chi connectivity index (χ0n) is 18.3. The number of nitrogens with zero attached hydrogens (tertiary/aromatic N) is 3. The Kier molecular flexibility index (Phi) is 5.60. The van der Waals surface area contributed by atoms with E-state index in [0.29, 0.717) is 0 Å². The van der Waals surface area contributed by atoms with Crippen LogP contribution in [-0.4, -0.2) is 14.1 Å². The molecule has 0 saturated heterocycles. The molecule has 0 unspecified atom stereocenters. The van der Waals surface area contributed by atoms with Gasteiger partial charge in [-0.15, -0.1) is 10.2 Å². The number of hydrogen-bond donors (Lipinski definition) is 0. The van der Waals surface area contributed by atoms with Crippen LogP contribution in [0.2, 0.25) is 0 Å². The quantitative estimate of drug-likeness (QED) is 0.550. The third-order valence-electron chi connectivity index (χ3n) is 6.20. The maximum atomic E-state index is 4.74. The third kappa shape index (κ3) is 3.15. The third-order valence-corrected chi connectivity index (χ3v) is 6.20. The minimum atomic E-state index is 1.00. The summed E-state index contributed by atoms with van der Waals surface area (Å²) in [7, 11) is 4.19. The van der Waals surface area contributed by atoms with Crippen molar-refractivity contribution in [2.24, 2.45) is 10.2 Å². The van der Waals surface area contributed by atoms with Gasteiger partial charge in [-0.1, -0.05) is 0 Å². The molecule has 2 rings (SSSR count). The fourth-order valence-corrected chi connectivity index (χ4v) is 3.82. The fourth-order valence-electron chi connectivity index (χ4n) is 3.82. The molecule has 140 valence electrons. The van der Waals surface area contributed by atoms with Crippen molar-refractivity contribution in [1.29, 1.82) is 0 Å². The summed E-state index contributed by atoms with van der Waals surface area (Å²) in [5.41, 5.74) is 14.7. The molecule has 0 amide bonds. The molecule has 0 fully saturated rings. The zero-order valence-corrected chi connectivity index (χ0v) is 18.3. The van der Waals surface area contributed by atoms with Crippen LogP contribution in [-0.2, 0) is 0 Å². The van der Waals surface area contributed by atoms with E-state index in [1.165, 1.54) is 55.8 Å². The molecule has 0 heterocycles. The molecule has 2 aromatic rings. The van der Waals surface area contributed by atoms with Crippen molar-refractivity contribution in [3.05, 3.63) is 50.1 Å². The van der Waals surface area contributed by atoms with Crippen molar-refractivity contribution in [1.82, 2.24) is 0 Å². The molecule has 0 aliphatic carbocycles. The van der Waals surface area contributed by atoms with Crippen LogP contribution in [0.4, 0.5) is 17.1 Å². The molecule has 0 atom stereocenters. The van der Waals surface area contributed by atoms with E-state index in [4.69, 9.17) is 10.2 Å². The molecule has 0 aliphatic rings. The molecule has 2 aromatic carbocycles. The van der Waals surface area contributed by atoms with Gasteiger partial charge in [0.25, 0.3) is 0 Å². The summed E-state index contributed by atoms with van der Waals surface area (Å²) in [5, 5.41) is 9.47. The lowest BCUT2D eigenvalue weighted by atomic mass is 9.93. The van der Waals surface area contributed by atoms with Gasteiger partial charge in [-0.2, -0.15) is 0 Å². The van der Waals surface area contributed by atoms with Crippen LogP contribution in [0.3, 0.4) is 0 Å².